The monoisotopic (exact) mass is 295 g/mol. The van der Waals surface area contributed by atoms with Crippen molar-refractivity contribution in [3.63, 3.8) is 0 Å². The minimum absolute atomic E-state index is 0.302. The van der Waals surface area contributed by atoms with Crippen LogP contribution < -0.4 is 5.32 Å². The van der Waals surface area contributed by atoms with E-state index in [0.717, 1.165) is 24.4 Å². The Labute approximate surface area is 132 Å². The Kier molecular flexibility index (Phi) is 5.72. The van der Waals surface area contributed by atoms with Gasteiger partial charge in [0.1, 0.15) is 0 Å². The van der Waals surface area contributed by atoms with Gasteiger partial charge in [-0.2, -0.15) is 0 Å². The predicted octanol–water partition coefficient (Wildman–Crippen LogP) is 2.82. The van der Waals surface area contributed by atoms with Crippen LogP contribution in [0.3, 0.4) is 0 Å². The molecule has 124 valence electrons. The van der Waals surface area contributed by atoms with Crippen LogP contribution in [0.2, 0.25) is 0 Å². The molecule has 0 aromatic heterocycles. The van der Waals surface area contributed by atoms with Crippen molar-refractivity contribution < 1.29 is 0 Å². The summed E-state index contributed by atoms with van der Waals surface area (Å²) in [4.78, 5) is 5.32. The van der Waals surface area contributed by atoms with Crippen molar-refractivity contribution in [3.05, 3.63) is 0 Å². The third-order valence-electron chi connectivity index (χ3n) is 5.85. The third-order valence-corrected chi connectivity index (χ3v) is 5.85. The van der Waals surface area contributed by atoms with E-state index in [1.165, 1.54) is 38.9 Å². The van der Waals surface area contributed by atoms with Gasteiger partial charge in [0, 0.05) is 37.3 Å². The Morgan fingerprint density at radius 1 is 1.14 bits per heavy atom. The molecule has 0 aromatic rings. The van der Waals surface area contributed by atoms with E-state index in [-0.39, 0.29) is 0 Å². The van der Waals surface area contributed by atoms with Crippen LogP contribution >= 0.6 is 0 Å². The van der Waals surface area contributed by atoms with Gasteiger partial charge in [0.25, 0.3) is 0 Å². The van der Waals surface area contributed by atoms with Crippen LogP contribution in [0.5, 0.6) is 0 Å². The van der Waals surface area contributed by atoms with E-state index in [1.807, 2.05) is 0 Å². The summed E-state index contributed by atoms with van der Waals surface area (Å²) in [5.74, 6) is 1.67. The van der Waals surface area contributed by atoms with Gasteiger partial charge in [-0.15, -0.1) is 0 Å². The van der Waals surface area contributed by atoms with E-state index in [4.69, 9.17) is 0 Å². The molecule has 0 radical (unpaired) electrons. The van der Waals surface area contributed by atoms with Crippen LogP contribution in [-0.2, 0) is 0 Å². The van der Waals surface area contributed by atoms with Crippen molar-refractivity contribution in [3.8, 4) is 0 Å². The van der Waals surface area contributed by atoms with Crippen molar-refractivity contribution in [2.75, 3.05) is 33.2 Å². The first-order valence-corrected chi connectivity index (χ1v) is 9.03. The molecule has 1 saturated carbocycles. The number of nitrogens with one attached hydrogen (secondary N) is 1. The Morgan fingerprint density at radius 2 is 1.86 bits per heavy atom. The summed E-state index contributed by atoms with van der Waals surface area (Å²) in [5.41, 5.74) is 0.302. The molecule has 3 nitrogen and oxygen atoms in total. The first kappa shape index (κ1) is 17.2. The summed E-state index contributed by atoms with van der Waals surface area (Å²) < 4.78 is 0. The Morgan fingerprint density at radius 3 is 2.48 bits per heavy atom. The summed E-state index contributed by atoms with van der Waals surface area (Å²) in [6, 6.07) is 1.41. The first-order chi connectivity index (χ1) is 9.85. The van der Waals surface area contributed by atoms with Crippen LogP contribution in [0, 0.1) is 11.8 Å². The van der Waals surface area contributed by atoms with E-state index in [9.17, 15) is 0 Å². The molecule has 1 saturated heterocycles. The molecule has 2 fully saturated rings. The molecule has 1 heterocycles. The van der Waals surface area contributed by atoms with Gasteiger partial charge >= 0.3 is 0 Å². The highest BCUT2D eigenvalue weighted by Gasteiger charge is 2.41. The predicted molar refractivity (Wildman–Crippen MR) is 91.7 cm³/mol. The number of rotatable bonds is 4. The molecule has 21 heavy (non-hydrogen) atoms. The van der Waals surface area contributed by atoms with Crippen LogP contribution in [0.15, 0.2) is 0 Å². The Hall–Kier alpha value is -0.120. The zero-order valence-corrected chi connectivity index (χ0v) is 15.2. The van der Waals surface area contributed by atoms with Crippen molar-refractivity contribution in [2.24, 2.45) is 11.8 Å². The Balaban J connectivity index is 2.09. The lowest BCUT2D eigenvalue weighted by atomic mass is 9.75. The van der Waals surface area contributed by atoms with Gasteiger partial charge in [-0.1, -0.05) is 20.8 Å². The molecule has 3 heteroatoms. The molecular formula is C18H37N3. The third kappa shape index (κ3) is 4.00. The highest BCUT2D eigenvalue weighted by Crippen LogP contribution is 2.34. The largest absolute Gasteiger partial charge is 0.312 e. The number of hydrogen-bond acceptors (Lipinski definition) is 3. The lowest BCUT2D eigenvalue weighted by Crippen LogP contribution is -2.65. The highest BCUT2D eigenvalue weighted by atomic mass is 15.3. The standard InChI is InChI=1S/C18H37N3/c1-7-8-19-16-12-14(2)11-15(3)17(16)21-10-9-20(6)18(4,5)13-21/h14-17,19H,7-13H2,1-6H3. The zero-order valence-electron chi connectivity index (χ0n) is 15.2. The molecule has 2 aliphatic rings. The number of piperazine rings is 1. The molecule has 0 bridgehead atoms. The van der Waals surface area contributed by atoms with E-state index in [1.54, 1.807) is 0 Å². The molecule has 1 N–H and O–H groups in total. The fourth-order valence-corrected chi connectivity index (χ4v) is 4.52. The summed E-state index contributed by atoms with van der Waals surface area (Å²) in [6.45, 7) is 16.8. The number of hydrogen-bond donors (Lipinski definition) is 1. The van der Waals surface area contributed by atoms with Crippen LogP contribution in [0.4, 0.5) is 0 Å². The van der Waals surface area contributed by atoms with Crippen molar-refractivity contribution >= 4 is 0 Å². The summed E-state index contributed by atoms with van der Waals surface area (Å²) >= 11 is 0. The van der Waals surface area contributed by atoms with Crippen molar-refractivity contribution in [1.29, 1.82) is 0 Å². The van der Waals surface area contributed by atoms with E-state index < -0.39 is 0 Å². The maximum atomic E-state index is 3.86. The van der Waals surface area contributed by atoms with Crippen LogP contribution in [0.1, 0.15) is 53.9 Å². The zero-order chi connectivity index (χ0) is 15.6. The minimum atomic E-state index is 0.302. The maximum Gasteiger partial charge on any atom is 0.0277 e. The second-order valence-corrected chi connectivity index (χ2v) is 8.31. The van der Waals surface area contributed by atoms with Gasteiger partial charge in [-0.05, 0) is 58.5 Å². The molecule has 1 aliphatic heterocycles. The smallest absolute Gasteiger partial charge is 0.0277 e. The highest BCUT2D eigenvalue weighted by molar-refractivity contribution is 4.99. The van der Waals surface area contributed by atoms with Crippen molar-refractivity contribution in [2.45, 2.75) is 71.5 Å². The molecule has 0 aromatic carbocycles. The molecule has 0 amide bonds. The lowest BCUT2D eigenvalue weighted by molar-refractivity contribution is -0.0234. The molecule has 2 rings (SSSR count). The quantitative estimate of drug-likeness (QED) is 0.860. The topological polar surface area (TPSA) is 18.5 Å². The SMILES string of the molecule is CCCNC1CC(C)CC(C)C1N1CCN(C)C(C)(C)C1. The second-order valence-electron chi connectivity index (χ2n) is 8.31. The molecular weight excluding hydrogens is 258 g/mol. The summed E-state index contributed by atoms with van der Waals surface area (Å²) in [5, 5.41) is 3.86. The Bertz CT molecular complexity index is 328. The summed E-state index contributed by atoms with van der Waals surface area (Å²) in [7, 11) is 2.27. The molecule has 4 atom stereocenters. The number of likely N-dealkylation sites (N-methyl/N-ethyl adjacent to an activating group) is 1. The fourth-order valence-electron chi connectivity index (χ4n) is 4.52. The first-order valence-electron chi connectivity index (χ1n) is 9.03. The van der Waals surface area contributed by atoms with E-state index in [0.29, 0.717) is 11.6 Å². The van der Waals surface area contributed by atoms with Gasteiger partial charge in [-0.25, -0.2) is 0 Å². The van der Waals surface area contributed by atoms with Crippen molar-refractivity contribution in [1.82, 2.24) is 15.1 Å². The minimum Gasteiger partial charge on any atom is -0.312 e. The van der Waals surface area contributed by atoms with Gasteiger partial charge in [-0.3, -0.25) is 9.80 Å². The lowest BCUT2D eigenvalue weighted by Gasteiger charge is -2.53. The van der Waals surface area contributed by atoms with Gasteiger partial charge in [0.05, 0.1) is 0 Å². The fraction of sp³-hybridized carbons (Fsp3) is 1.00. The van der Waals surface area contributed by atoms with Gasteiger partial charge in [0.15, 0.2) is 0 Å². The normalized spacial score (nSPS) is 38.6. The maximum absolute atomic E-state index is 3.86. The van der Waals surface area contributed by atoms with E-state index >= 15 is 0 Å². The van der Waals surface area contributed by atoms with Gasteiger partial charge in [0.2, 0.25) is 0 Å². The average Bonchev–Trinajstić information content (AvgIpc) is 2.39. The average molecular weight is 296 g/mol. The van der Waals surface area contributed by atoms with E-state index in [2.05, 4.69) is 56.8 Å². The number of nitrogens with zero attached hydrogens (tertiary/aromatic N) is 2. The van der Waals surface area contributed by atoms with Crippen LogP contribution in [-0.4, -0.2) is 60.6 Å². The molecule has 1 aliphatic carbocycles. The second kappa shape index (κ2) is 6.97. The molecule has 0 spiro atoms. The summed E-state index contributed by atoms with van der Waals surface area (Å²) in [6.07, 6.45) is 3.98. The van der Waals surface area contributed by atoms with Gasteiger partial charge < -0.3 is 5.32 Å². The molecule has 4 unspecified atom stereocenters. The van der Waals surface area contributed by atoms with Crippen LogP contribution in [0.25, 0.3) is 0 Å².